The van der Waals surface area contributed by atoms with E-state index < -0.39 is 0 Å². The second kappa shape index (κ2) is 43.5. The third-order valence-electron chi connectivity index (χ3n) is 11.4. The molecule has 57 heavy (non-hydrogen) atoms. The van der Waals surface area contributed by atoms with E-state index in [0.29, 0.717) is 26.2 Å². The average molecular weight is 840 g/mol. The Morgan fingerprint density at radius 2 is 0.947 bits per heavy atom. The van der Waals surface area contributed by atoms with Gasteiger partial charge in [0.15, 0.2) is 0 Å². The Bertz CT molecular complexity index is 844. The van der Waals surface area contributed by atoms with Crippen LogP contribution < -0.4 is 0 Å². The Morgan fingerprint density at radius 1 is 0.544 bits per heavy atom. The SMILES string of the molecule is CCCCCCCC/C=C\CCCCCCC(O)CN(CCCSSCCN1CCN(CCOC=O)CC1)CC(O)CCCCCC/C=C\CCCCCCCC. The summed E-state index contributed by atoms with van der Waals surface area (Å²) in [5.41, 5.74) is 0. The fourth-order valence-corrected chi connectivity index (χ4v) is 9.78. The zero-order valence-corrected chi connectivity index (χ0v) is 39.1. The third kappa shape index (κ3) is 38.1. The van der Waals surface area contributed by atoms with Crippen molar-refractivity contribution >= 4 is 28.1 Å². The van der Waals surface area contributed by atoms with Crippen LogP contribution >= 0.6 is 21.6 Å². The van der Waals surface area contributed by atoms with Crippen molar-refractivity contribution in [1.29, 1.82) is 0 Å². The average Bonchev–Trinajstić information content (AvgIpc) is 3.21. The molecular formula is C48H93N3O4S2. The maximum absolute atomic E-state index is 11.0. The van der Waals surface area contributed by atoms with Gasteiger partial charge in [-0.2, -0.15) is 0 Å². The standard InChI is InChI=1S/C48H93N3O4S2/c1-3-5-7-9-11-13-15-17-19-21-23-25-27-29-32-47(53)44-51(34-31-42-56-57-43-40-50-37-35-49(36-38-50)39-41-55-46-52)45-48(54)33-30-28-26-24-22-20-18-16-14-12-10-8-6-4-2/h17-20,46-48,53-54H,3-16,21-45H2,1-2H3/b19-17-,20-18-. The van der Waals surface area contributed by atoms with Gasteiger partial charge in [-0.05, 0) is 77.2 Å². The van der Waals surface area contributed by atoms with Crippen molar-refractivity contribution in [3.63, 3.8) is 0 Å². The van der Waals surface area contributed by atoms with Crippen molar-refractivity contribution in [1.82, 2.24) is 14.7 Å². The number of carbonyl (C=O) groups is 1. The van der Waals surface area contributed by atoms with Gasteiger partial charge in [0.1, 0.15) is 6.61 Å². The first-order chi connectivity index (χ1) is 28.1. The molecule has 7 nitrogen and oxygen atoms in total. The molecule has 1 rings (SSSR count). The minimum Gasteiger partial charge on any atom is -0.467 e. The predicted molar refractivity (Wildman–Crippen MR) is 253 cm³/mol. The topological polar surface area (TPSA) is 76.5 Å². The molecule has 0 aromatic carbocycles. The molecular weight excluding hydrogens is 747 g/mol. The monoisotopic (exact) mass is 840 g/mol. The largest absolute Gasteiger partial charge is 0.467 e. The van der Waals surface area contributed by atoms with Gasteiger partial charge in [-0.25, -0.2) is 0 Å². The highest BCUT2D eigenvalue weighted by atomic mass is 33.1. The molecule has 1 aliphatic rings. The number of unbranched alkanes of at least 4 members (excludes halogenated alkanes) is 20. The molecule has 0 bridgehead atoms. The third-order valence-corrected chi connectivity index (χ3v) is 13.8. The summed E-state index contributed by atoms with van der Waals surface area (Å²) in [6, 6.07) is 0. The fraction of sp³-hybridized carbons (Fsp3) is 0.896. The molecule has 0 spiro atoms. The van der Waals surface area contributed by atoms with Gasteiger partial charge in [0, 0.05) is 63.9 Å². The van der Waals surface area contributed by atoms with Crippen LogP contribution in [0.3, 0.4) is 0 Å². The van der Waals surface area contributed by atoms with E-state index >= 15 is 0 Å². The second-order valence-corrected chi connectivity index (χ2v) is 19.5. The number of allylic oxidation sites excluding steroid dienone is 4. The quantitative estimate of drug-likeness (QED) is 0.0270. The normalized spacial score (nSPS) is 15.4. The Balaban J connectivity index is 2.28. The van der Waals surface area contributed by atoms with Crippen LogP contribution in [-0.4, -0.2) is 121 Å². The molecule has 2 unspecified atom stereocenters. The van der Waals surface area contributed by atoms with Crippen molar-refractivity contribution in [3.8, 4) is 0 Å². The summed E-state index contributed by atoms with van der Waals surface area (Å²) in [6.07, 6.45) is 42.6. The lowest BCUT2D eigenvalue weighted by Gasteiger charge is -2.34. The molecule has 0 aliphatic carbocycles. The molecule has 2 atom stereocenters. The molecule has 0 aromatic rings. The van der Waals surface area contributed by atoms with Crippen molar-refractivity contribution < 1.29 is 19.7 Å². The number of aliphatic hydroxyl groups excluding tert-OH is 2. The van der Waals surface area contributed by atoms with E-state index in [9.17, 15) is 15.0 Å². The summed E-state index contributed by atoms with van der Waals surface area (Å²) in [5, 5.41) is 22.0. The molecule has 0 saturated carbocycles. The summed E-state index contributed by atoms with van der Waals surface area (Å²) < 4.78 is 4.85. The second-order valence-electron chi connectivity index (χ2n) is 16.8. The summed E-state index contributed by atoms with van der Waals surface area (Å²) in [4.78, 5) is 17.6. The zero-order chi connectivity index (χ0) is 41.1. The zero-order valence-electron chi connectivity index (χ0n) is 37.5. The Labute approximate surface area is 361 Å². The molecule has 0 radical (unpaired) electrons. The summed E-state index contributed by atoms with van der Waals surface area (Å²) in [5.74, 6) is 2.23. The van der Waals surface area contributed by atoms with Gasteiger partial charge in [0.05, 0.1) is 12.2 Å². The summed E-state index contributed by atoms with van der Waals surface area (Å²) in [7, 11) is 3.94. The van der Waals surface area contributed by atoms with Crippen molar-refractivity contribution in [2.75, 3.05) is 77.0 Å². The number of ether oxygens (including phenoxy) is 1. The van der Waals surface area contributed by atoms with E-state index in [1.165, 1.54) is 141 Å². The molecule has 1 aliphatic heterocycles. The maximum Gasteiger partial charge on any atom is 0.293 e. The van der Waals surface area contributed by atoms with E-state index in [-0.39, 0.29) is 12.2 Å². The number of aliphatic hydroxyl groups is 2. The maximum atomic E-state index is 11.0. The summed E-state index contributed by atoms with van der Waals surface area (Å²) >= 11 is 0. The number of nitrogens with zero attached hydrogens (tertiary/aromatic N) is 3. The smallest absolute Gasteiger partial charge is 0.293 e. The van der Waals surface area contributed by atoms with E-state index in [4.69, 9.17) is 4.74 Å². The Hall–Kier alpha value is -0.550. The molecule has 1 heterocycles. The van der Waals surface area contributed by atoms with Crippen molar-refractivity contribution in [2.24, 2.45) is 0 Å². The molecule has 9 heteroatoms. The molecule has 2 N–H and O–H groups in total. The highest BCUT2D eigenvalue weighted by Gasteiger charge is 2.17. The summed E-state index contributed by atoms with van der Waals surface area (Å²) in [6.45, 7) is 14.1. The fourth-order valence-electron chi connectivity index (χ4n) is 7.68. The van der Waals surface area contributed by atoms with Crippen molar-refractivity contribution in [2.45, 2.75) is 199 Å². The van der Waals surface area contributed by atoms with Gasteiger partial charge in [-0.1, -0.05) is 162 Å². The molecule has 0 aromatic heterocycles. The van der Waals surface area contributed by atoms with E-state index in [1.54, 1.807) is 0 Å². The highest BCUT2D eigenvalue weighted by molar-refractivity contribution is 8.76. The number of piperazine rings is 1. The van der Waals surface area contributed by atoms with Crippen LogP contribution in [0.2, 0.25) is 0 Å². The van der Waals surface area contributed by atoms with E-state index in [2.05, 4.69) is 52.9 Å². The Kier molecular flexibility index (Phi) is 41.6. The Morgan fingerprint density at radius 3 is 1.40 bits per heavy atom. The van der Waals surface area contributed by atoms with Gasteiger partial charge in [-0.15, -0.1) is 0 Å². The van der Waals surface area contributed by atoms with E-state index in [1.807, 2.05) is 21.6 Å². The number of rotatable bonds is 44. The van der Waals surface area contributed by atoms with Gasteiger partial charge in [0.2, 0.25) is 0 Å². The van der Waals surface area contributed by atoms with Crippen molar-refractivity contribution in [3.05, 3.63) is 24.3 Å². The number of hydrogen-bond donors (Lipinski definition) is 2. The first-order valence-electron chi connectivity index (χ1n) is 24.2. The minimum atomic E-state index is -0.316. The van der Waals surface area contributed by atoms with Crippen LogP contribution in [0.25, 0.3) is 0 Å². The first-order valence-corrected chi connectivity index (χ1v) is 26.7. The highest BCUT2D eigenvalue weighted by Crippen LogP contribution is 2.23. The molecule has 1 saturated heterocycles. The molecule has 0 amide bonds. The van der Waals surface area contributed by atoms with Gasteiger partial charge in [0.25, 0.3) is 6.47 Å². The van der Waals surface area contributed by atoms with Gasteiger partial charge >= 0.3 is 0 Å². The lowest BCUT2D eigenvalue weighted by Crippen LogP contribution is -2.47. The first kappa shape index (κ1) is 54.5. The molecule has 1 fully saturated rings. The van der Waals surface area contributed by atoms with Crippen LogP contribution in [0.4, 0.5) is 0 Å². The number of hydrogen-bond acceptors (Lipinski definition) is 9. The number of carbonyl (C=O) groups excluding carboxylic acids is 1. The van der Waals surface area contributed by atoms with Crippen LogP contribution in [-0.2, 0) is 9.53 Å². The van der Waals surface area contributed by atoms with Crippen LogP contribution in [0.15, 0.2) is 24.3 Å². The lowest BCUT2D eigenvalue weighted by molar-refractivity contribution is -0.129. The van der Waals surface area contributed by atoms with E-state index in [0.717, 1.165) is 89.4 Å². The lowest BCUT2D eigenvalue weighted by atomic mass is 10.1. The van der Waals surface area contributed by atoms with Crippen LogP contribution in [0.1, 0.15) is 187 Å². The molecule has 336 valence electrons. The van der Waals surface area contributed by atoms with Crippen LogP contribution in [0.5, 0.6) is 0 Å². The predicted octanol–water partition coefficient (Wildman–Crippen LogP) is 11.9. The van der Waals surface area contributed by atoms with Gasteiger partial charge < -0.3 is 14.9 Å². The van der Waals surface area contributed by atoms with Crippen LogP contribution in [0, 0.1) is 0 Å². The van der Waals surface area contributed by atoms with Gasteiger partial charge in [-0.3, -0.25) is 19.5 Å². The minimum absolute atomic E-state index is 0.316.